The molecule has 1 spiro atoms. The van der Waals surface area contributed by atoms with E-state index in [1.165, 1.54) is 0 Å². The van der Waals surface area contributed by atoms with Crippen LogP contribution in [0.1, 0.15) is 26.2 Å². The van der Waals surface area contributed by atoms with Crippen molar-refractivity contribution in [1.29, 1.82) is 0 Å². The molecule has 76 valence electrons. The van der Waals surface area contributed by atoms with Gasteiger partial charge in [-0.05, 0) is 18.9 Å². The van der Waals surface area contributed by atoms with Crippen LogP contribution in [0.3, 0.4) is 0 Å². The first-order valence-electron chi connectivity index (χ1n) is 5.06. The lowest BCUT2D eigenvalue weighted by Crippen LogP contribution is -2.54. The normalized spacial score (nSPS) is 37.9. The van der Waals surface area contributed by atoms with Gasteiger partial charge in [0.05, 0.1) is 0 Å². The van der Waals surface area contributed by atoms with Crippen molar-refractivity contribution in [1.82, 2.24) is 0 Å². The van der Waals surface area contributed by atoms with Crippen LogP contribution in [-0.2, 0) is 14.3 Å². The van der Waals surface area contributed by atoms with E-state index in [1.54, 1.807) is 6.08 Å². The first-order valence-corrected chi connectivity index (χ1v) is 5.06. The highest BCUT2D eigenvalue weighted by atomic mass is 16.5. The predicted octanol–water partition coefficient (Wildman–Crippen LogP) is 1.27. The number of rotatable bonds is 0. The summed E-state index contributed by atoms with van der Waals surface area (Å²) in [6.45, 7) is 2.37. The fourth-order valence-electron chi connectivity index (χ4n) is 2.06. The van der Waals surface area contributed by atoms with Crippen LogP contribution in [0.4, 0.5) is 0 Å². The molecule has 1 aliphatic carbocycles. The highest BCUT2D eigenvalue weighted by Gasteiger charge is 2.48. The summed E-state index contributed by atoms with van der Waals surface area (Å²) in [6.07, 6.45) is 5.40. The third-order valence-electron chi connectivity index (χ3n) is 3.00. The molecule has 0 radical (unpaired) electrons. The van der Waals surface area contributed by atoms with Gasteiger partial charge in [0, 0.05) is 18.9 Å². The SMILES string of the molecule is CC1CCOC2(C=CCCC2=O)C1=O. The number of hydrogen-bond donors (Lipinski definition) is 0. The number of hydrogen-bond acceptors (Lipinski definition) is 3. The molecule has 14 heavy (non-hydrogen) atoms. The number of Topliss-reactive ketones (excluding diaryl/α,β-unsaturated/α-hetero) is 2. The smallest absolute Gasteiger partial charge is 0.202 e. The Morgan fingerprint density at radius 2 is 2.29 bits per heavy atom. The first kappa shape index (κ1) is 9.59. The Bertz CT molecular complexity index is 306. The summed E-state index contributed by atoms with van der Waals surface area (Å²) in [5.74, 6) is -0.197. The molecule has 0 N–H and O–H groups in total. The Balaban J connectivity index is 2.36. The van der Waals surface area contributed by atoms with E-state index in [9.17, 15) is 9.59 Å². The van der Waals surface area contributed by atoms with Gasteiger partial charge in [-0.2, -0.15) is 0 Å². The molecule has 0 aromatic heterocycles. The second kappa shape index (κ2) is 3.31. The van der Waals surface area contributed by atoms with Gasteiger partial charge in [0.2, 0.25) is 5.60 Å². The van der Waals surface area contributed by atoms with E-state index in [0.29, 0.717) is 13.0 Å². The molecule has 0 aromatic rings. The molecule has 3 nitrogen and oxygen atoms in total. The van der Waals surface area contributed by atoms with E-state index in [2.05, 4.69) is 0 Å². The molecule has 1 fully saturated rings. The number of carbonyl (C=O) groups excluding carboxylic acids is 2. The van der Waals surface area contributed by atoms with Gasteiger partial charge in [-0.25, -0.2) is 0 Å². The van der Waals surface area contributed by atoms with Crippen LogP contribution in [0.15, 0.2) is 12.2 Å². The van der Waals surface area contributed by atoms with Crippen molar-refractivity contribution in [3.05, 3.63) is 12.2 Å². The van der Waals surface area contributed by atoms with Gasteiger partial charge in [0.15, 0.2) is 11.6 Å². The Kier molecular flexibility index (Phi) is 2.27. The minimum atomic E-state index is -1.21. The molecule has 2 aliphatic rings. The molecule has 1 aliphatic heterocycles. The summed E-state index contributed by atoms with van der Waals surface area (Å²) in [4.78, 5) is 23.6. The summed E-state index contributed by atoms with van der Waals surface area (Å²) in [7, 11) is 0. The zero-order valence-electron chi connectivity index (χ0n) is 8.29. The maximum absolute atomic E-state index is 11.9. The number of ketones is 2. The van der Waals surface area contributed by atoms with Crippen molar-refractivity contribution in [2.75, 3.05) is 6.61 Å². The van der Waals surface area contributed by atoms with E-state index in [1.807, 2.05) is 13.0 Å². The summed E-state index contributed by atoms with van der Waals surface area (Å²) < 4.78 is 5.42. The molecule has 1 heterocycles. The maximum atomic E-state index is 11.9. The van der Waals surface area contributed by atoms with E-state index in [4.69, 9.17) is 4.74 Å². The van der Waals surface area contributed by atoms with Gasteiger partial charge in [-0.3, -0.25) is 9.59 Å². The molecule has 0 amide bonds. The molecule has 2 atom stereocenters. The number of ether oxygens (including phenoxy) is 1. The molecule has 3 heteroatoms. The van der Waals surface area contributed by atoms with Crippen molar-refractivity contribution in [2.24, 2.45) is 5.92 Å². The van der Waals surface area contributed by atoms with Gasteiger partial charge in [0.1, 0.15) is 0 Å². The van der Waals surface area contributed by atoms with E-state index >= 15 is 0 Å². The van der Waals surface area contributed by atoms with Crippen LogP contribution in [0.25, 0.3) is 0 Å². The predicted molar refractivity (Wildman–Crippen MR) is 50.9 cm³/mol. The fourth-order valence-corrected chi connectivity index (χ4v) is 2.06. The quantitative estimate of drug-likeness (QED) is 0.431. The van der Waals surface area contributed by atoms with E-state index in [0.717, 1.165) is 12.8 Å². The van der Waals surface area contributed by atoms with Crippen LogP contribution >= 0.6 is 0 Å². The van der Waals surface area contributed by atoms with Crippen LogP contribution in [0.2, 0.25) is 0 Å². The second-order valence-corrected chi connectivity index (χ2v) is 4.00. The van der Waals surface area contributed by atoms with E-state index < -0.39 is 5.60 Å². The zero-order chi connectivity index (χ0) is 10.2. The van der Waals surface area contributed by atoms with Gasteiger partial charge in [-0.1, -0.05) is 13.0 Å². The molecule has 0 saturated carbocycles. The minimum absolute atomic E-state index is 0.0598. The molecule has 2 rings (SSSR count). The topological polar surface area (TPSA) is 43.4 Å². The van der Waals surface area contributed by atoms with Gasteiger partial charge in [0.25, 0.3) is 0 Å². The Morgan fingerprint density at radius 1 is 1.50 bits per heavy atom. The summed E-state index contributed by atoms with van der Waals surface area (Å²) >= 11 is 0. The molecular weight excluding hydrogens is 180 g/mol. The Morgan fingerprint density at radius 3 is 3.00 bits per heavy atom. The van der Waals surface area contributed by atoms with Gasteiger partial charge in [-0.15, -0.1) is 0 Å². The van der Waals surface area contributed by atoms with Crippen molar-refractivity contribution < 1.29 is 14.3 Å². The van der Waals surface area contributed by atoms with Gasteiger partial charge >= 0.3 is 0 Å². The minimum Gasteiger partial charge on any atom is -0.355 e. The summed E-state index contributed by atoms with van der Waals surface area (Å²) in [6, 6.07) is 0. The Hall–Kier alpha value is -0.960. The van der Waals surface area contributed by atoms with Crippen LogP contribution in [0.5, 0.6) is 0 Å². The molecular formula is C11H14O3. The van der Waals surface area contributed by atoms with E-state index in [-0.39, 0.29) is 17.5 Å². The highest BCUT2D eigenvalue weighted by molar-refractivity contribution is 6.14. The average molecular weight is 194 g/mol. The zero-order valence-corrected chi connectivity index (χ0v) is 8.29. The molecule has 0 bridgehead atoms. The third-order valence-corrected chi connectivity index (χ3v) is 3.00. The third kappa shape index (κ3) is 1.23. The lowest BCUT2D eigenvalue weighted by molar-refractivity contribution is -0.161. The first-order chi connectivity index (χ1) is 6.67. The summed E-state index contributed by atoms with van der Waals surface area (Å²) in [5.41, 5.74) is -1.21. The number of carbonyl (C=O) groups is 2. The van der Waals surface area contributed by atoms with Crippen molar-refractivity contribution >= 4 is 11.6 Å². The average Bonchev–Trinajstić information content (AvgIpc) is 2.18. The monoisotopic (exact) mass is 194 g/mol. The van der Waals surface area contributed by atoms with Crippen molar-refractivity contribution in [3.63, 3.8) is 0 Å². The molecule has 0 aromatic carbocycles. The second-order valence-electron chi connectivity index (χ2n) is 4.00. The summed E-state index contributed by atoms with van der Waals surface area (Å²) in [5, 5.41) is 0. The Labute approximate surface area is 83.1 Å². The maximum Gasteiger partial charge on any atom is 0.202 e. The largest absolute Gasteiger partial charge is 0.355 e. The van der Waals surface area contributed by atoms with Crippen LogP contribution < -0.4 is 0 Å². The fraction of sp³-hybridized carbons (Fsp3) is 0.636. The van der Waals surface area contributed by atoms with Gasteiger partial charge < -0.3 is 4.74 Å². The lowest BCUT2D eigenvalue weighted by atomic mass is 9.78. The van der Waals surface area contributed by atoms with Crippen molar-refractivity contribution in [2.45, 2.75) is 31.8 Å². The highest BCUT2D eigenvalue weighted by Crippen LogP contribution is 2.31. The standard InChI is InChI=1S/C11H14O3/c1-8-5-7-14-11(10(8)13)6-3-2-4-9(11)12/h3,6,8H,2,4-5,7H2,1H3. The van der Waals surface area contributed by atoms with Crippen molar-refractivity contribution in [3.8, 4) is 0 Å². The lowest BCUT2D eigenvalue weighted by Gasteiger charge is -2.36. The molecule has 1 saturated heterocycles. The van der Waals surface area contributed by atoms with Crippen LogP contribution in [0, 0.1) is 5.92 Å². The number of allylic oxidation sites excluding steroid dienone is 1. The van der Waals surface area contributed by atoms with Crippen LogP contribution in [-0.4, -0.2) is 23.8 Å². The molecule has 2 unspecified atom stereocenters.